The molecule has 1 amide bonds. The SMILES string of the molecule is Cl.NC1(Cc2ccccc2)CC12CCN(C(=O)O)CC2. The number of amides is 1. The Labute approximate surface area is 125 Å². The van der Waals surface area contributed by atoms with Gasteiger partial charge in [-0.25, -0.2) is 4.79 Å². The summed E-state index contributed by atoms with van der Waals surface area (Å²) in [4.78, 5) is 12.4. The molecule has 0 radical (unpaired) electrons. The molecule has 3 N–H and O–H groups in total. The largest absolute Gasteiger partial charge is 0.465 e. The predicted octanol–water partition coefficient (Wildman–Crippen LogP) is 2.51. The maximum atomic E-state index is 10.9. The Kier molecular flexibility index (Phi) is 3.98. The number of nitrogens with zero attached hydrogens (tertiary/aromatic N) is 1. The van der Waals surface area contributed by atoms with Gasteiger partial charge in [-0.05, 0) is 36.7 Å². The zero-order chi connectivity index (χ0) is 13.5. The highest BCUT2D eigenvalue weighted by molar-refractivity contribution is 5.85. The molecule has 110 valence electrons. The normalized spacial score (nSPS) is 26.9. The van der Waals surface area contributed by atoms with Crippen molar-refractivity contribution < 1.29 is 9.90 Å². The van der Waals surface area contributed by atoms with E-state index in [2.05, 4.69) is 12.1 Å². The van der Waals surface area contributed by atoms with Gasteiger partial charge in [-0.15, -0.1) is 12.4 Å². The van der Waals surface area contributed by atoms with Crippen LogP contribution >= 0.6 is 12.4 Å². The van der Waals surface area contributed by atoms with Crippen LogP contribution in [0.25, 0.3) is 0 Å². The number of halogens is 1. The van der Waals surface area contributed by atoms with Crippen molar-refractivity contribution in [3.63, 3.8) is 0 Å². The standard InChI is InChI=1S/C15H20N2O2.ClH/c16-15(10-12-4-2-1-3-5-12)11-14(15)6-8-17(9-7-14)13(18)19;/h1-5H,6-11,16H2,(H,18,19);1H. The second-order valence-corrected chi connectivity index (χ2v) is 6.05. The first-order valence-corrected chi connectivity index (χ1v) is 6.85. The van der Waals surface area contributed by atoms with Crippen molar-refractivity contribution in [2.24, 2.45) is 11.1 Å². The lowest BCUT2D eigenvalue weighted by Gasteiger charge is -2.33. The molecule has 0 aromatic heterocycles. The Morgan fingerprint density at radius 2 is 1.85 bits per heavy atom. The molecule has 1 saturated carbocycles. The minimum absolute atomic E-state index is 0. The van der Waals surface area contributed by atoms with Crippen LogP contribution in [0.3, 0.4) is 0 Å². The fraction of sp³-hybridized carbons (Fsp3) is 0.533. The summed E-state index contributed by atoms with van der Waals surface area (Å²) in [6, 6.07) is 10.3. The lowest BCUT2D eigenvalue weighted by molar-refractivity contribution is 0.115. The highest BCUT2D eigenvalue weighted by atomic mass is 35.5. The molecule has 5 heteroatoms. The minimum Gasteiger partial charge on any atom is -0.465 e. The van der Waals surface area contributed by atoms with E-state index in [0.29, 0.717) is 13.1 Å². The Balaban J connectivity index is 0.00000147. The molecule has 3 rings (SSSR count). The summed E-state index contributed by atoms with van der Waals surface area (Å²) in [7, 11) is 0. The minimum atomic E-state index is -0.804. The summed E-state index contributed by atoms with van der Waals surface area (Å²) in [6.07, 6.45) is 2.94. The van der Waals surface area contributed by atoms with E-state index < -0.39 is 6.09 Å². The van der Waals surface area contributed by atoms with E-state index in [9.17, 15) is 4.79 Å². The number of carbonyl (C=O) groups is 1. The number of likely N-dealkylation sites (tertiary alicyclic amines) is 1. The lowest BCUT2D eigenvalue weighted by atomic mass is 9.86. The van der Waals surface area contributed by atoms with Crippen molar-refractivity contribution in [1.29, 1.82) is 0 Å². The molecule has 1 spiro atoms. The van der Waals surface area contributed by atoms with Crippen molar-refractivity contribution >= 4 is 18.5 Å². The number of carboxylic acid groups (broad SMARTS) is 1. The maximum Gasteiger partial charge on any atom is 0.407 e. The summed E-state index contributed by atoms with van der Waals surface area (Å²) in [6.45, 7) is 1.26. The van der Waals surface area contributed by atoms with Crippen LogP contribution < -0.4 is 5.73 Å². The third-order valence-electron chi connectivity index (χ3n) is 4.94. The van der Waals surface area contributed by atoms with E-state index in [1.54, 1.807) is 0 Å². The predicted molar refractivity (Wildman–Crippen MR) is 80.2 cm³/mol. The van der Waals surface area contributed by atoms with Gasteiger partial charge in [-0.3, -0.25) is 0 Å². The molecule has 1 aliphatic heterocycles. The van der Waals surface area contributed by atoms with Gasteiger partial charge in [0.1, 0.15) is 0 Å². The number of nitrogens with two attached hydrogens (primary N) is 1. The maximum absolute atomic E-state index is 10.9. The fourth-order valence-corrected chi connectivity index (χ4v) is 3.57. The van der Waals surface area contributed by atoms with Gasteiger partial charge in [-0.2, -0.15) is 0 Å². The summed E-state index contributed by atoms with van der Waals surface area (Å²) in [5, 5.41) is 8.99. The molecular formula is C15H21ClN2O2. The first-order valence-electron chi connectivity index (χ1n) is 6.85. The average molecular weight is 297 g/mol. The van der Waals surface area contributed by atoms with Gasteiger partial charge in [0, 0.05) is 18.6 Å². The Morgan fingerprint density at radius 3 is 2.40 bits per heavy atom. The number of hydrogen-bond donors (Lipinski definition) is 2. The first-order chi connectivity index (χ1) is 9.05. The molecule has 2 fully saturated rings. The lowest BCUT2D eigenvalue weighted by Crippen LogP contribution is -2.43. The third kappa shape index (κ3) is 2.50. The molecule has 1 saturated heterocycles. The molecule has 1 aromatic rings. The van der Waals surface area contributed by atoms with Crippen molar-refractivity contribution in [2.45, 2.75) is 31.2 Å². The van der Waals surface area contributed by atoms with Crippen LogP contribution in [0.15, 0.2) is 30.3 Å². The second-order valence-electron chi connectivity index (χ2n) is 6.05. The highest BCUT2D eigenvalue weighted by Crippen LogP contribution is 2.62. The third-order valence-corrected chi connectivity index (χ3v) is 4.94. The van der Waals surface area contributed by atoms with Crippen LogP contribution in [0.2, 0.25) is 0 Å². The van der Waals surface area contributed by atoms with Gasteiger partial charge < -0.3 is 15.7 Å². The molecule has 0 bridgehead atoms. The summed E-state index contributed by atoms with van der Waals surface area (Å²) in [5.74, 6) is 0. The van der Waals surface area contributed by atoms with Gasteiger partial charge in [0.15, 0.2) is 0 Å². The zero-order valence-corrected chi connectivity index (χ0v) is 12.2. The van der Waals surface area contributed by atoms with Crippen molar-refractivity contribution in [2.75, 3.05) is 13.1 Å². The second kappa shape index (κ2) is 5.26. The fourth-order valence-electron chi connectivity index (χ4n) is 3.57. The van der Waals surface area contributed by atoms with Gasteiger partial charge in [0.2, 0.25) is 0 Å². The van der Waals surface area contributed by atoms with Gasteiger partial charge in [0.05, 0.1) is 0 Å². The van der Waals surface area contributed by atoms with Crippen LogP contribution in [-0.4, -0.2) is 34.7 Å². The van der Waals surface area contributed by atoms with Crippen LogP contribution in [0.4, 0.5) is 4.79 Å². The topological polar surface area (TPSA) is 66.6 Å². The van der Waals surface area contributed by atoms with Gasteiger partial charge >= 0.3 is 6.09 Å². The molecule has 2 aliphatic rings. The summed E-state index contributed by atoms with van der Waals surface area (Å²) >= 11 is 0. The van der Waals surface area contributed by atoms with Crippen molar-refractivity contribution in [3.8, 4) is 0 Å². The number of hydrogen-bond acceptors (Lipinski definition) is 2. The summed E-state index contributed by atoms with van der Waals surface area (Å²) in [5.41, 5.74) is 7.87. The zero-order valence-electron chi connectivity index (χ0n) is 11.4. The van der Waals surface area contributed by atoms with E-state index in [1.807, 2.05) is 18.2 Å². The van der Waals surface area contributed by atoms with Crippen LogP contribution in [0.1, 0.15) is 24.8 Å². The molecule has 20 heavy (non-hydrogen) atoms. The van der Waals surface area contributed by atoms with E-state index in [4.69, 9.17) is 10.8 Å². The number of benzene rings is 1. The van der Waals surface area contributed by atoms with Crippen LogP contribution in [-0.2, 0) is 6.42 Å². The smallest absolute Gasteiger partial charge is 0.407 e. The molecule has 1 aliphatic carbocycles. The Bertz CT molecular complexity index is 486. The highest BCUT2D eigenvalue weighted by Gasteiger charge is 2.64. The van der Waals surface area contributed by atoms with E-state index >= 15 is 0 Å². The van der Waals surface area contributed by atoms with E-state index in [0.717, 1.165) is 25.7 Å². The molecule has 1 heterocycles. The molecule has 1 atom stereocenters. The van der Waals surface area contributed by atoms with Crippen LogP contribution in [0.5, 0.6) is 0 Å². The van der Waals surface area contributed by atoms with E-state index in [-0.39, 0.29) is 23.4 Å². The number of rotatable bonds is 2. The monoisotopic (exact) mass is 296 g/mol. The average Bonchev–Trinajstić information content (AvgIpc) is 2.94. The number of piperidine rings is 1. The Morgan fingerprint density at radius 1 is 1.25 bits per heavy atom. The van der Waals surface area contributed by atoms with Gasteiger partial charge in [0.25, 0.3) is 0 Å². The van der Waals surface area contributed by atoms with Crippen LogP contribution in [0, 0.1) is 5.41 Å². The Hall–Kier alpha value is -1.26. The molecule has 4 nitrogen and oxygen atoms in total. The van der Waals surface area contributed by atoms with Crippen molar-refractivity contribution in [1.82, 2.24) is 4.90 Å². The quantitative estimate of drug-likeness (QED) is 0.881. The summed E-state index contributed by atoms with van der Waals surface area (Å²) < 4.78 is 0. The molecule has 1 aromatic carbocycles. The molecule has 1 unspecified atom stereocenters. The van der Waals surface area contributed by atoms with E-state index in [1.165, 1.54) is 10.5 Å². The molecular weight excluding hydrogens is 276 g/mol. The van der Waals surface area contributed by atoms with Crippen molar-refractivity contribution in [3.05, 3.63) is 35.9 Å². The van der Waals surface area contributed by atoms with Gasteiger partial charge in [-0.1, -0.05) is 30.3 Å². The first kappa shape index (κ1) is 15.1.